The van der Waals surface area contributed by atoms with E-state index < -0.39 is 0 Å². The van der Waals surface area contributed by atoms with Crippen LogP contribution in [0.1, 0.15) is 27.9 Å². The highest BCUT2D eigenvalue weighted by Crippen LogP contribution is 2.46. The third kappa shape index (κ3) is 2.79. The fourth-order valence-electron chi connectivity index (χ4n) is 3.08. The second kappa shape index (κ2) is 6.69. The summed E-state index contributed by atoms with van der Waals surface area (Å²) in [6.07, 6.45) is 3.59. The van der Waals surface area contributed by atoms with Crippen molar-refractivity contribution < 1.29 is 13.9 Å². The van der Waals surface area contributed by atoms with Gasteiger partial charge in [0.25, 0.3) is 0 Å². The van der Waals surface area contributed by atoms with Crippen molar-refractivity contribution in [1.29, 1.82) is 0 Å². The average Bonchev–Trinajstić information content (AvgIpc) is 3.23. The molecule has 1 aliphatic carbocycles. The SMILES string of the molecule is CCOC(=O)c1oc(SC)c2c1CCc1sc(-c3ccccc3)nc1-2. The lowest BCUT2D eigenvalue weighted by atomic mass is 9.95. The molecule has 0 aliphatic heterocycles. The zero-order valence-electron chi connectivity index (χ0n) is 14.0. The molecule has 128 valence electrons. The van der Waals surface area contributed by atoms with Gasteiger partial charge in [0.15, 0.2) is 5.09 Å². The smallest absolute Gasteiger partial charge is 0.374 e. The van der Waals surface area contributed by atoms with Crippen LogP contribution >= 0.6 is 23.1 Å². The van der Waals surface area contributed by atoms with Gasteiger partial charge in [-0.15, -0.1) is 11.3 Å². The summed E-state index contributed by atoms with van der Waals surface area (Å²) in [5.74, 6) is -0.0536. The maximum atomic E-state index is 12.2. The molecule has 0 amide bonds. The molecule has 6 heteroatoms. The third-order valence-electron chi connectivity index (χ3n) is 4.18. The van der Waals surface area contributed by atoms with Crippen LogP contribution in [0.4, 0.5) is 0 Å². The normalized spacial score (nSPS) is 12.6. The predicted molar refractivity (Wildman–Crippen MR) is 100 cm³/mol. The Bertz CT molecular complexity index is 928. The van der Waals surface area contributed by atoms with Gasteiger partial charge in [-0.2, -0.15) is 0 Å². The molecule has 2 heterocycles. The number of rotatable bonds is 4. The van der Waals surface area contributed by atoms with E-state index >= 15 is 0 Å². The Hall–Kier alpha value is -2.05. The number of aromatic nitrogens is 1. The second-order valence-electron chi connectivity index (χ2n) is 5.65. The average molecular weight is 371 g/mol. The van der Waals surface area contributed by atoms with Crippen molar-refractivity contribution in [3.63, 3.8) is 0 Å². The van der Waals surface area contributed by atoms with Gasteiger partial charge in [-0.25, -0.2) is 9.78 Å². The summed E-state index contributed by atoms with van der Waals surface area (Å²) in [4.78, 5) is 18.4. The van der Waals surface area contributed by atoms with E-state index in [-0.39, 0.29) is 5.97 Å². The number of thioether (sulfide) groups is 1. The number of hydrogen-bond donors (Lipinski definition) is 0. The zero-order chi connectivity index (χ0) is 17.4. The lowest BCUT2D eigenvalue weighted by Crippen LogP contribution is -2.09. The molecule has 0 saturated heterocycles. The number of benzene rings is 1. The van der Waals surface area contributed by atoms with Crippen LogP contribution in [0.2, 0.25) is 0 Å². The highest BCUT2D eigenvalue weighted by atomic mass is 32.2. The number of furan rings is 1. The molecule has 0 saturated carbocycles. The molecule has 0 spiro atoms. The first-order valence-electron chi connectivity index (χ1n) is 8.15. The van der Waals surface area contributed by atoms with Crippen molar-refractivity contribution in [2.45, 2.75) is 24.9 Å². The van der Waals surface area contributed by atoms with Crippen LogP contribution in [0.5, 0.6) is 0 Å². The van der Waals surface area contributed by atoms with Crippen LogP contribution in [0, 0.1) is 0 Å². The summed E-state index contributed by atoms with van der Waals surface area (Å²) in [5, 5.41) is 1.74. The van der Waals surface area contributed by atoms with E-state index in [9.17, 15) is 4.79 Å². The van der Waals surface area contributed by atoms with E-state index in [2.05, 4.69) is 12.1 Å². The van der Waals surface area contributed by atoms with Crippen molar-refractivity contribution in [3.05, 3.63) is 46.5 Å². The highest BCUT2D eigenvalue weighted by Gasteiger charge is 2.32. The Balaban J connectivity index is 1.84. The molecule has 0 N–H and O–H groups in total. The van der Waals surface area contributed by atoms with Gasteiger partial charge in [0, 0.05) is 16.0 Å². The molecule has 0 radical (unpaired) electrons. The van der Waals surface area contributed by atoms with Crippen molar-refractivity contribution in [3.8, 4) is 21.8 Å². The standard InChI is InChI=1S/C19H17NO3S2/c1-3-22-18(21)16-12-9-10-13-15(14(12)19(23-16)24-2)20-17(25-13)11-7-5-4-6-8-11/h4-8H,3,9-10H2,1-2H3. The molecule has 4 nitrogen and oxygen atoms in total. The Morgan fingerprint density at radius 3 is 2.84 bits per heavy atom. The summed E-state index contributed by atoms with van der Waals surface area (Å²) < 4.78 is 11.0. The van der Waals surface area contributed by atoms with Crippen LogP contribution in [0.3, 0.4) is 0 Å². The van der Waals surface area contributed by atoms with Crippen LogP contribution in [-0.4, -0.2) is 23.8 Å². The molecular formula is C19H17NO3S2. The van der Waals surface area contributed by atoms with E-state index in [0.717, 1.165) is 45.3 Å². The monoisotopic (exact) mass is 371 g/mol. The van der Waals surface area contributed by atoms with Gasteiger partial charge in [0.05, 0.1) is 17.9 Å². The van der Waals surface area contributed by atoms with E-state index in [0.29, 0.717) is 12.4 Å². The molecule has 3 aromatic rings. The molecule has 25 heavy (non-hydrogen) atoms. The number of nitrogens with zero attached hydrogens (tertiary/aromatic N) is 1. The Kier molecular flexibility index (Phi) is 4.39. The topological polar surface area (TPSA) is 52.3 Å². The molecule has 0 bridgehead atoms. The van der Waals surface area contributed by atoms with Crippen LogP contribution in [0.15, 0.2) is 39.8 Å². The highest BCUT2D eigenvalue weighted by molar-refractivity contribution is 7.98. The van der Waals surface area contributed by atoms with Crippen molar-refractivity contribution >= 4 is 29.1 Å². The number of ether oxygens (including phenoxy) is 1. The summed E-state index contributed by atoms with van der Waals surface area (Å²) in [6.45, 7) is 2.14. The molecule has 0 fully saturated rings. The number of fused-ring (bicyclic) bond motifs is 3. The summed E-state index contributed by atoms with van der Waals surface area (Å²) in [6, 6.07) is 10.2. The largest absolute Gasteiger partial charge is 0.460 e. The predicted octanol–water partition coefficient (Wildman–Crippen LogP) is 5.07. The number of hydrogen-bond acceptors (Lipinski definition) is 6. The summed E-state index contributed by atoms with van der Waals surface area (Å²) in [5.41, 5.74) is 3.97. The van der Waals surface area contributed by atoms with E-state index in [1.165, 1.54) is 16.6 Å². The number of carbonyl (C=O) groups is 1. The first-order valence-corrected chi connectivity index (χ1v) is 10.2. The minimum absolute atomic E-state index is 0.334. The molecule has 4 rings (SSSR count). The molecule has 2 aromatic heterocycles. The van der Waals surface area contributed by atoms with Crippen molar-refractivity contribution in [1.82, 2.24) is 4.98 Å². The van der Waals surface area contributed by atoms with Crippen LogP contribution < -0.4 is 0 Å². The number of esters is 1. The lowest BCUT2D eigenvalue weighted by molar-refractivity contribution is 0.0482. The third-order valence-corrected chi connectivity index (χ3v) is 6.00. The zero-order valence-corrected chi connectivity index (χ0v) is 15.6. The number of thiazole rings is 1. The van der Waals surface area contributed by atoms with Gasteiger partial charge >= 0.3 is 5.97 Å². The minimum Gasteiger partial charge on any atom is -0.460 e. The van der Waals surface area contributed by atoms with Gasteiger partial charge in [-0.1, -0.05) is 42.1 Å². The first-order chi connectivity index (χ1) is 12.2. The Labute approximate surface area is 154 Å². The van der Waals surface area contributed by atoms with Crippen molar-refractivity contribution in [2.24, 2.45) is 0 Å². The van der Waals surface area contributed by atoms with E-state index in [4.69, 9.17) is 14.1 Å². The summed E-state index contributed by atoms with van der Waals surface area (Å²) >= 11 is 3.22. The fraction of sp³-hybridized carbons (Fsp3) is 0.263. The summed E-state index contributed by atoms with van der Waals surface area (Å²) in [7, 11) is 0. The molecule has 0 unspecified atom stereocenters. The number of carbonyl (C=O) groups excluding carboxylic acids is 1. The number of aryl methyl sites for hydroxylation is 1. The molecule has 1 aromatic carbocycles. The quantitative estimate of drug-likeness (QED) is 0.473. The Morgan fingerprint density at radius 2 is 2.12 bits per heavy atom. The van der Waals surface area contributed by atoms with Crippen LogP contribution in [-0.2, 0) is 17.6 Å². The van der Waals surface area contributed by atoms with E-state index in [1.807, 2.05) is 24.5 Å². The van der Waals surface area contributed by atoms with Gasteiger partial charge in [0.2, 0.25) is 5.76 Å². The maximum Gasteiger partial charge on any atom is 0.374 e. The fourth-order valence-corrected chi connectivity index (χ4v) is 4.75. The van der Waals surface area contributed by atoms with E-state index in [1.54, 1.807) is 18.3 Å². The lowest BCUT2D eigenvalue weighted by Gasteiger charge is -2.11. The van der Waals surface area contributed by atoms with Gasteiger partial charge in [-0.05, 0) is 26.0 Å². The minimum atomic E-state index is -0.388. The van der Waals surface area contributed by atoms with Gasteiger partial charge < -0.3 is 9.15 Å². The van der Waals surface area contributed by atoms with Gasteiger partial charge in [0.1, 0.15) is 5.01 Å². The molecule has 0 atom stereocenters. The van der Waals surface area contributed by atoms with Gasteiger partial charge in [-0.3, -0.25) is 0 Å². The van der Waals surface area contributed by atoms with Crippen molar-refractivity contribution in [2.75, 3.05) is 12.9 Å². The molecule has 1 aliphatic rings. The maximum absolute atomic E-state index is 12.2. The second-order valence-corrected chi connectivity index (χ2v) is 7.52. The first kappa shape index (κ1) is 16.4. The molecular weight excluding hydrogens is 354 g/mol. The van der Waals surface area contributed by atoms with Crippen LogP contribution in [0.25, 0.3) is 21.8 Å². The Morgan fingerprint density at radius 1 is 1.32 bits per heavy atom.